The van der Waals surface area contributed by atoms with Gasteiger partial charge in [0.25, 0.3) is 5.69 Å². The molecule has 0 fully saturated rings. The maximum atomic E-state index is 12.3. The fraction of sp³-hybridized carbons (Fsp3) is 0.118. The number of non-ortho nitro benzene ring substituents is 1. The highest BCUT2D eigenvalue weighted by Gasteiger charge is 2.11. The molecule has 6 nitrogen and oxygen atoms in total. The van der Waals surface area contributed by atoms with Crippen molar-refractivity contribution in [2.45, 2.75) is 6.61 Å². The van der Waals surface area contributed by atoms with Gasteiger partial charge in [-0.25, -0.2) is 0 Å². The van der Waals surface area contributed by atoms with Gasteiger partial charge in [-0.05, 0) is 23.8 Å². The molecule has 0 bridgehead atoms. The minimum atomic E-state index is -2.98. The number of alkyl halides is 2. The van der Waals surface area contributed by atoms with Crippen LogP contribution < -0.4 is 9.47 Å². The van der Waals surface area contributed by atoms with E-state index in [1.54, 1.807) is 0 Å². The summed E-state index contributed by atoms with van der Waals surface area (Å²) in [5, 5.41) is 10.7. The molecule has 2 aromatic carbocycles. The first kappa shape index (κ1) is 18.1. The third-order valence-corrected chi connectivity index (χ3v) is 3.17. The summed E-state index contributed by atoms with van der Waals surface area (Å²) in [5.74, 6) is -0.472. The monoisotopic (exact) mass is 349 g/mol. The summed E-state index contributed by atoms with van der Waals surface area (Å²) in [7, 11) is 1.30. The Morgan fingerprint density at radius 1 is 1.20 bits per heavy atom. The number of nitro groups is 1. The van der Waals surface area contributed by atoms with Gasteiger partial charge in [-0.2, -0.15) is 8.78 Å². The van der Waals surface area contributed by atoms with Gasteiger partial charge in [0.15, 0.2) is 17.3 Å². The average Bonchev–Trinajstić information content (AvgIpc) is 2.60. The van der Waals surface area contributed by atoms with Crippen molar-refractivity contribution in [1.82, 2.24) is 0 Å². The second-order valence-electron chi connectivity index (χ2n) is 4.79. The van der Waals surface area contributed by atoms with E-state index in [0.717, 1.165) is 0 Å². The number of hydrogen-bond donors (Lipinski definition) is 0. The third-order valence-electron chi connectivity index (χ3n) is 3.17. The minimum absolute atomic E-state index is 0.0882. The number of allylic oxidation sites excluding steroid dienone is 1. The number of hydrogen-bond acceptors (Lipinski definition) is 5. The highest BCUT2D eigenvalue weighted by atomic mass is 19.3. The predicted octanol–water partition coefficient (Wildman–Crippen LogP) is 4.10. The van der Waals surface area contributed by atoms with E-state index in [-0.39, 0.29) is 22.7 Å². The number of methoxy groups -OCH3 is 1. The molecule has 130 valence electrons. The van der Waals surface area contributed by atoms with Gasteiger partial charge in [0, 0.05) is 17.7 Å². The lowest BCUT2D eigenvalue weighted by Gasteiger charge is -2.10. The highest BCUT2D eigenvalue weighted by Crippen LogP contribution is 2.30. The summed E-state index contributed by atoms with van der Waals surface area (Å²) in [6.07, 6.45) is 2.66. The van der Waals surface area contributed by atoms with E-state index in [2.05, 4.69) is 4.74 Å². The van der Waals surface area contributed by atoms with E-state index in [1.165, 1.54) is 61.7 Å². The van der Waals surface area contributed by atoms with Gasteiger partial charge in [-0.15, -0.1) is 0 Å². The van der Waals surface area contributed by atoms with Gasteiger partial charge in [0.2, 0.25) is 0 Å². The first-order chi connectivity index (χ1) is 11.9. The molecule has 0 aliphatic heterocycles. The Morgan fingerprint density at radius 2 is 1.96 bits per heavy atom. The molecule has 0 heterocycles. The van der Waals surface area contributed by atoms with Crippen molar-refractivity contribution in [2.75, 3.05) is 7.11 Å². The zero-order valence-electron chi connectivity index (χ0n) is 13.0. The normalized spacial score (nSPS) is 10.9. The number of nitrogens with zero attached hydrogens (tertiary/aromatic N) is 1. The van der Waals surface area contributed by atoms with Crippen molar-refractivity contribution in [2.24, 2.45) is 0 Å². The molecule has 0 aliphatic carbocycles. The third kappa shape index (κ3) is 4.84. The Bertz CT molecular complexity index is 820. The number of halogens is 2. The summed E-state index contributed by atoms with van der Waals surface area (Å²) in [6.45, 7) is -2.98. The summed E-state index contributed by atoms with van der Waals surface area (Å²) in [4.78, 5) is 22.2. The van der Waals surface area contributed by atoms with Crippen LogP contribution in [0.15, 0.2) is 48.5 Å². The first-order valence-corrected chi connectivity index (χ1v) is 7.00. The van der Waals surface area contributed by atoms with Crippen LogP contribution in [0.5, 0.6) is 11.5 Å². The molecule has 0 aliphatic rings. The lowest BCUT2D eigenvalue weighted by Crippen LogP contribution is -2.03. The Kier molecular flexibility index (Phi) is 5.78. The van der Waals surface area contributed by atoms with Gasteiger partial charge >= 0.3 is 6.61 Å². The molecular formula is C17H13F2NO5. The SMILES string of the molecule is COc1cc(/C=C/C(=O)c2cccc([N+](=O)[O-])c2)ccc1OC(F)F. The second kappa shape index (κ2) is 8.00. The number of ketones is 1. The average molecular weight is 349 g/mol. The van der Waals surface area contributed by atoms with Crippen LogP contribution in [0.25, 0.3) is 6.08 Å². The molecule has 8 heteroatoms. The molecule has 0 radical (unpaired) electrons. The van der Waals surface area contributed by atoms with Crippen molar-refractivity contribution >= 4 is 17.5 Å². The molecule has 0 atom stereocenters. The highest BCUT2D eigenvalue weighted by molar-refractivity contribution is 6.07. The number of carbonyl (C=O) groups excluding carboxylic acids is 1. The second-order valence-corrected chi connectivity index (χ2v) is 4.79. The van der Waals surface area contributed by atoms with Crippen molar-refractivity contribution in [3.05, 3.63) is 69.8 Å². The van der Waals surface area contributed by atoms with E-state index >= 15 is 0 Å². The van der Waals surface area contributed by atoms with Crippen LogP contribution >= 0.6 is 0 Å². The van der Waals surface area contributed by atoms with Crippen molar-refractivity contribution in [1.29, 1.82) is 0 Å². The summed E-state index contributed by atoms with van der Waals surface area (Å²) >= 11 is 0. The van der Waals surface area contributed by atoms with Crippen LogP contribution in [0, 0.1) is 10.1 Å². The van der Waals surface area contributed by atoms with Crippen molar-refractivity contribution in [3.8, 4) is 11.5 Å². The summed E-state index contributed by atoms with van der Waals surface area (Å²) in [5.41, 5.74) is 0.488. The van der Waals surface area contributed by atoms with Crippen molar-refractivity contribution in [3.63, 3.8) is 0 Å². The van der Waals surface area contributed by atoms with E-state index in [1.807, 2.05) is 0 Å². The number of ether oxygens (including phenoxy) is 2. The zero-order valence-corrected chi connectivity index (χ0v) is 13.0. The quantitative estimate of drug-likeness (QED) is 0.325. The molecular weight excluding hydrogens is 336 g/mol. The Morgan fingerprint density at radius 3 is 2.60 bits per heavy atom. The fourth-order valence-electron chi connectivity index (χ4n) is 2.02. The summed E-state index contributed by atoms with van der Waals surface area (Å²) < 4.78 is 33.8. The topological polar surface area (TPSA) is 78.7 Å². The Labute approximate surface area is 141 Å². The van der Waals surface area contributed by atoms with Crippen LogP contribution in [0.4, 0.5) is 14.5 Å². The molecule has 0 aromatic heterocycles. The van der Waals surface area contributed by atoms with Gasteiger partial charge in [-0.3, -0.25) is 14.9 Å². The first-order valence-electron chi connectivity index (χ1n) is 7.00. The maximum absolute atomic E-state index is 12.3. The summed E-state index contributed by atoms with van der Waals surface area (Å²) in [6, 6.07) is 9.52. The van der Waals surface area contributed by atoms with E-state index in [9.17, 15) is 23.7 Å². The van der Waals surface area contributed by atoms with Gasteiger partial charge < -0.3 is 9.47 Å². The van der Waals surface area contributed by atoms with E-state index in [0.29, 0.717) is 5.56 Å². The van der Waals surface area contributed by atoms with E-state index < -0.39 is 17.3 Å². The van der Waals surface area contributed by atoms with Gasteiger partial charge in [0.05, 0.1) is 12.0 Å². The molecule has 0 unspecified atom stereocenters. The van der Waals surface area contributed by atoms with Crippen LogP contribution in [0.1, 0.15) is 15.9 Å². The number of nitro benzene ring substituents is 1. The van der Waals surface area contributed by atoms with E-state index in [4.69, 9.17) is 4.74 Å². The lowest BCUT2D eigenvalue weighted by atomic mass is 10.1. The van der Waals surface area contributed by atoms with Crippen LogP contribution in [-0.4, -0.2) is 24.4 Å². The Balaban J connectivity index is 2.19. The van der Waals surface area contributed by atoms with Gasteiger partial charge in [0.1, 0.15) is 0 Å². The lowest BCUT2D eigenvalue weighted by molar-refractivity contribution is -0.384. The molecule has 2 aromatic rings. The Hall–Kier alpha value is -3.29. The zero-order chi connectivity index (χ0) is 18.4. The van der Waals surface area contributed by atoms with Crippen LogP contribution in [0.2, 0.25) is 0 Å². The van der Waals surface area contributed by atoms with Gasteiger partial charge in [-0.1, -0.05) is 24.3 Å². The van der Waals surface area contributed by atoms with Crippen LogP contribution in [0.3, 0.4) is 0 Å². The number of rotatable bonds is 7. The molecule has 25 heavy (non-hydrogen) atoms. The standard InChI is InChI=1S/C17H13F2NO5/c1-24-16-9-11(6-8-15(16)25-17(18)19)5-7-14(21)12-3-2-4-13(10-12)20(22)23/h2-10,17H,1H3/b7-5+. The van der Waals surface area contributed by atoms with Crippen molar-refractivity contribution < 1.29 is 28.0 Å². The minimum Gasteiger partial charge on any atom is -0.493 e. The molecule has 0 N–H and O–H groups in total. The fourth-order valence-corrected chi connectivity index (χ4v) is 2.02. The smallest absolute Gasteiger partial charge is 0.387 e. The largest absolute Gasteiger partial charge is 0.493 e. The number of benzene rings is 2. The molecule has 0 saturated carbocycles. The molecule has 0 spiro atoms. The van der Waals surface area contributed by atoms with Crippen LogP contribution in [-0.2, 0) is 0 Å². The maximum Gasteiger partial charge on any atom is 0.387 e. The molecule has 0 saturated heterocycles. The molecule has 0 amide bonds. The predicted molar refractivity (Wildman–Crippen MR) is 86.1 cm³/mol. The number of carbonyl (C=O) groups is 1. The molecule has 2 rings (SSSR count).